The first kappa shape index (κ1) is 37.7. The molecule has 0 aliphatic rings. The van der Waals surface area contributed by atoms with E-state index in [0.717, 1.165) is 17.1 Å². The molecule has 11 aromatic carbocycles. The third-order valence-electron chi connectivity index (χ3n) is 12.7. The molecule has 0 saturated heterocycles. The first-order valence-corrected chi connectivity index (χ1v) is 22.7. The third-order valence-corrected chi connectivity index (χ3v) is 13.9. The van der Waals surface area contributed by atoms with Crippen LogP contribution in [0.15, 0.2) is 249 Å². The Morgan fingerprint density at radius 3 is 1.11 bits per heavy atom. The van der Waals surface area contributed by atoms with Crippen molar-refractivity contribution >= 4 is 70.1 Å². The minimum absolute atomic E-state index is 1.10. The molecule has 64 heavy (non-hydrogen) atoms. The second-order valence-electron chi connectivity index (χ2n) is 16.5. The van der Waals surface area contributed by atoms with E-state index in [2.05, 4.69) is 254 Å². The summed E-state index contributed by atoms with van der Waals surface area (Å²) >= 11 is 1.90. The van der Waals surface area contributed by atoms with Crippen LogP contribution < -0.4 is 4.90 Å². The molecule has 0 atom stereocenters. The lowest BCUT2D eigenvalue weighted by molar-refractivity contribution is 1.28. The molecule has 0 aliphatic heterocycles. The van der Waals surface area contributed by atoms with E-state index >= 15 is 0 Å². The zero-order valence-electron chi connectivity index (χ0n) is 35.0. The molecule has 1 nitrogen and oxygen atoms in total. The van der Waals surface area contributed by atoms with Crippen LogP contribution in [0.2, 0.25) is 0 Å². The van der Waals surface area contributed by atoms with Gasteiger partial charge in [0.25, 0.3) is 0 Å². The predicted octanol–water partition coefficient (Wildman–Crippen LogP) is 18.2. The smallest absolute Gasteiger partial charge is 0.0462 e. The van der Waals surface area contributed by atoms with E-state index in [-0.39, 0.29) is 0 Å². The summed E-state index contributed by atoms with van der Waals surface area (Å²) < 4.78 is 2.65. The number of anilines is 3. The Labute approximate surface area is 377 Å². The van der Waals surface area contributed by atoms with Crippen molar-refractivity contribution in [2.45, 2.75) is 0 Å². The SMILES string of the molecule is c1ccc(-c2cccc3c2sc2c(-c4cccc(-c5ccc(N(c6ccc(-c7ccc8ccccc8c7)cc6)c6ccc(-c7ccc8ccccc8c7)cc6)cc5)c4)cccc23)cc1. The van der Waals surface area contributed by atoms with Crippen molar-refractivity contribution in [3.63, 3.8) is 0 Å². The van der Waals surface area contributed by atoms with Crippen LogP contribution in [0.25, 0.3) is 97.4 Å². The van der Waals surface area contributed by atoms with Gasteiger partial charge in [0.1, 0.15) is 0 Å². The Morgan fingerprint density at radius 1 is 0.234 bits per heavy atom. The van der Waals surface area contributed by atoms with E-state index in [1.807, 2.05) is 11.3 Å². The molecular weight excluding hydrogens is 791 g/mol. The number of rotatable bonds is 8. The van der Waals surface area contributed by atoms with E-state index in [0.29, 0.717) is 0 Å². The fourth-order valence-electron chi connectivity index (χ4n) is 9.35. The number of hydrogen-bond acceptors (Lipinski definition) is 2. The van der Waals surface area contributed by atoms with Crippen molar-refractivity contribution in [2.75, 3.05) is 4.90 Å². The average molecular weight is 832 g/mol. The summed E-state index contributed by atoms with van der Waals surface area (Å²) in [5, 5.41) is 7.62. The molecule has 0 fully saturated rings. The molecule has 1 aromatic heterocycles. The van der Waals surface area contributed by atoms with Gasteiger partial charge in [-0.1, -0.05) is 194 Å². The standard InChI is InChI=1S/C62H41NS/c1-2-13-47(14-3-1)57-19-9-21-59-60-22-10-20-58(62(60)64-61(57)59)53-18-8-17-50(41-53)44-27-33-54(34-28-44)63(55-35-29-45(30-36-55)51-25-23-42-11-4-6-15-48(42)39-51)56-37-31-46(32-38-56)52-26-24-43-12-5-7-16-49(43)40-52/h1-41H. The molecule has 0 aliphatic carbocycles. The largest absolute Gasteiger partial charge is 0.311 e. The molecule has 0 spiro atoms. The summed E-state index contributed by atoms with van der Waals surface area (Å²) in [4.78, 5) is 2.36. The second-order valence-corrected chi connectivity index (χ2v) is 17.5. The quantitative estimate of drug-likeness (QED) is 0.147. The summed E-state index contributed by atoms with van der Waals surface area (Å²) in [5.74, 6) is 0. The maximum atomic E-state index is 2.36. The lowest BCUT2D eigenvalue weighted by Crippen LogP contribution is -2.09. The normalized spacial score (nSPS) is 11.4. The van der Waals surface area contributed by atoms with Crippen molar-refractivity contribution in [3.05, 3.63) is 249 Å². The van der Waals surface area contributed by atoms with Crippen LogP contribution in [-0.4, -0.2) is 0 Å². The molecule has 0 bridgehead atoms. The Morgan fingerprint density at radius 2 is 0.609 bits per heavy atom. The number of thiophene rings is 1. The Hall–Kier alpha value is -8.04. The molecule has 12 rings (SSSR count). The predicted molar refractivity (Wildman–Crippen MR) is 276 cm³/mol. The van der Waals surface area contributed by atoms with Gasteiger partial charge in [-0.3, -0.25) is 0 Å². The van der Waals surface area contributed by atoms with Crippen LogP contribution in [0.3, 0.4) is 0 Å². The molecule has 300 valence electrons. The monoisotopic (exact) mass is 831 g/mol. The molecule has 2 heteroatoms. The van der Waals surface area contributed by atoms with E-state index in [1.165, 1.54) is 97.4 Å². The van der Waals surface area contributed by atoms with Crippen molar-refractivity contribution in [3.8, 4) is 55.6 Å². The summed E-state index contributed by atoms with van der Waals surface area (Å²) in [6, 6.07) is 90.8. The average Bonchev–Trinajstić information content (AvgIpc) is 3.76. The van der Waals surface area contributed by atoms with E-state index in [4.69, 9.17) is 0 Å². The molecule has 0 N–H and O–H groups in total. The second kappa shape index (κ2) is 16.0. The highest BCUT2D eigenvalue weighted by atomic mass is 32.1. The number of benzene rings is 11. The molecule has 12 aromatic rings. The number of hydrogen-bond donors (Lipinski definition) is 0. The lowest BCUT2D eigenvalue weighted by Gasteiger charge is -2.26. The third kappa shape index (κ3) is 6.91. The fraction of sp³-hybridized carbons (Fsp3) is 0. The van der Waals surface area contributed by atoms with Crippen molar-refractivity contribution in [2.24, 2.45) is 0 Å². The number of fused-ring (bicyclic) bond motifs is 5. The minimum atomic E-state index is 1.10. The van der Waals surface area contributed by atoms with Gasteiger partial charge < -0.3 is 4.90 Å². The molecule has 0 amide bonds. The van der Waals surface area contributed by atoms with Gasteiger partial charge in [-0.15, -0.1) is 11.3 Å². The van der Waals surface area contributed by atoms with Crippen LogP contribution in [0.5, 0.6) is 0 Å². The maximum Gasteiger partial charge on any atom is 0.0462 e. The highest BCUT2D eigenvalue weighted by Gasteiger charge is 2.17. The van der Waals surface area contributed by atoms with Gasteiger partial charge in [0.15, 0.2) is 0 Å². The topological polar surface area (TPSA) is 3.24 Å². The highest BCUT2D eigenvalue weighted by molar-refractivity contribution is 7.26. The lowest BCUT2D eigenvalue weighted by atomic mass is 9.97. The van der Waals surface area contributed by atoms with Gasteiger partial charge in [0.05, 0.1) is 0 Å². The molecule has 0 radical (unpaired) electrons. The van der Waals surface area contributed by atoms with E-state index in [1.54, 1.807) is 0 Å². The summed E-state index contributed by atoms with van der Waals surface area (Å²) in [5.41, 5.74) is 15.5. The van der Waals surface area contributed by atoms with Gasteiger partial charge in [-0.2, -0.15) is 0 Å². The Bertz CT molecular complexity index is 3520. The molecular formula is C62H41NS. The zero-order valence-corrected chi connectivity index (χ0v) is 35.8. The van der Waals surface area contributed by atoms with Gasteiger partial charge in [0.2, 0.25) is 0 Å². The summed E-state index contributed by atoms with van der Waals surface area (Å²) in [7, 11) is 0. The van der Waals surface area contributed by atoms with Crippen LogP contribution >= 0.6 is 11.3 Å². The van der Waals surface area contributed by atoms with Crippen LogP contribution in [0.1, 0.15) is 0 Å². The van der Waals surface area contributed by atoms with E-state index < -0.39 is 0 Å². The van der Waals surface area contributed by atoms with Gasteiger partial charge in [0, 0.05) is 37.2 Å². The van der Waals surface area contributed by atoms with Crippen LogP contribution in [-0.2, 0) is 0 Å². The van der Waals surface area contributed by atoms with Gasteiger partial charge in [-0.05, 0) is 132 Å². The molecule has 0 unspecified atom stereocenters. The molecule has 0 saturated carbocycles. The van der Waals surface area contributed by atoms with Crippen molar-refractivity contribution in [1.82, 2.24) is 0 Å². The first-order chi connectivity index (χ1) is 31.7. The number of nitrogens with zero attached hydrogens (tertiary/aromatic N) is 1. The van der Waals surface area contributed by atoms with Crippen LogP contribution in [0.4, 0.5) is 17.1 Å². The zero-order chi connectivity index (χ0) is 42.4. The summed E-state index contributed by atoms with van der Waals surface area (Å²) in [6.07, 6.45) is 0. The highest BCUT2D eigenvalue weighted by Crippen LogP contribution is 2.45. The maximum absolute atomic E-state index is 2.36. The van der Waals surface area contributed by atoms with Gasteiger partial charge in [-0.25, -0.2) is 0 Å². The van der Waals surface area contributed by atoms with Gasteiger partial charge >= 0.3 is 0 Å². The Balaban J connectivity index is 0.897. The van der Waals surface area contributed by atoms with Crippen molar-refractivity contribution < 1.29 is 0 Å². The fourth-order valence-corrected chi connectivity index (χ4v) is 10.7. The minimum Gasteiger partial charge on any atom is -0.311 e. The van der Waals surface area contributed by atoms with Crippen LogP contribution in [0, 0.1) is 0 Å². The summed E-state index contributed by atoms with van der Waals surface area (Å²) in [6.45, 7) is 0. The van der Waals surface area contributed by atoms with Crippen molar-refractivity contribution in [1.29, 1.82) is 0 Å². The molecule has 1 heterocycles. The Kier molecular flexibility index (Phi) is 9.43. The first-order valence-electron chi connectivity index (χ1n) is 21.9. The van der Waals surface area contributed by atoms with E-state index in [9.17, 15) is 0 Å².